The minimum Gasteiger partial charge on any atom is -0.466 e. The molecule has 0 bridgehead atoms. The molecule has 6 nitrogen and oxygen atoms in total. The van der Waals surface area contributed by atoms with Crippen LogP contribution >= 0.6 is 0 Å². The summed E-state index contributed by atoms with van der Waals surface area (Å²) in [5.41, 5.74) is 1.11. The van der Waals surface area contributed by atoms with Crippen molar-refractivity contribution in [2.24, 2.45) is 5.92 Å². The van der Waals surface area contributed by atoms with Crippen LogP contribution in [0, 0.1) is 5.92 Å². The van der Waals surface area contributed by atoms with Gasteiger partial charge in [0.1, 0.15) is 0 Å². The molecule has 0 radical (unpaired) electrons. The van der Waals surface area contributed by atoms with E-state index in [0.717, 1.165) is 24.9 Å². The van der Waals surface area contributed by atoms with Crippen molar-refractivity contribution in [3.8, 4) is 0 Å². The number of carbonyl (C=O) groups excluding carboxylic acids is 3. The van der Waals surface area contributed by atoms with Crippen molar-refractivity contribution in [3.63, 3.8) is 0 Å². The molecule has 2 unspecified atom stereocenters. The van der Waals surface area contributed by atoms with Crippen molar-refractivity contribution < 1.29 is 19.1 Å². The number of amides is 2. The van der Waals surface area contributed by atoms with E-state index in [1.807, 2.05) is 35.2 Å². The Hall–Kier alpha value is -2.21. The monoisotopic (exact) mass is 358 g/mol. The average Bonchev–Trinajstić information content (AvgIpc) is 2.95. The van der Waals surface area contributed by atoms with Gasteiger partial charge in [-0.05, 0) is 38.3 Å². The Bertz CT molecular complexity index is 661. The summed E-state index contributed by atoms with van der Waals surface area (Å²) >= 11 is 0. The fourth-order valence-electron chi connectivity index (χ4n) is 3.81. The minimum absolute atomic E-state index is 0.116. The van der Waals surface area contributed by atoms with Crippen LogP contribution in [-0.4, -0.2) is 59.9 Å². The zero-order chi connectivity index (χ0) is 18.5. The normalized spacial score (nSPS) is 24.1. The first kappa shape index (κ1) is 18.6. The maximum atomic E-state index is 12.8. The SMILES string of the molecule is CCOC(=O)C1CCCN(C2CC(=O)N(CCc3ccccc3)C2=O)C1. The Balaban J connectivity index is 1.60. The Morgan fingerprint density at radius 1 is 1.23 bits per heavy atom. The van der Waals surface area contributed by atoms with Gasteiger partial charge in [0.25, 0.3) is 0 Å². The minimum atomic E-state index is -0.435. The van der Waals surface area contributed by atoms with Gasteiger partial charge < -0.3 is 4.74 Å². The molecule has 26 heavy (non-hydrogen) atoms. The third-order valence-corrected chi connectivity index (χ3v) is 5.20. The number of likely N-dealkylation sites (tertiary alicyclic amines) is 2. The van der Waals surface area contributed by atoms with Gasteiger partial charge in [0.05, 0.1) is 25.0 Å². The number of hydrogen-bond donors (Lipinski definition) is 0. The predicted octanol–water partition coefficient (Wildman–Crippen LogP) is 1.63. The van der Waals surface area contributed by atoms with Gasteiger partial charge in [-0.3, -0.25) is 24.2 Å². The van der Waals surface area contributed by atoms with Crippen molar-refractivity contribution in [2.75, 3.05) is 26.2 Å². The van der Waals surface area contributed by atoms with E-state index in [-0.39, 0.29) is 30.1 Å². The van der Waals surface area contributed by atoms with Crippen molar-refractivity contribution in [1.82, 2.24) is 9.80 Å². The lowest BCUT2D eigenvalue weighted by Gasteiger charge is -2.34. The molecule has 0 aromatic heterocycles. The summed E-state index contributed by atoms with van der Waals surface area (Å²) in [6, 6.07) is 9.41. The van der Waals surface area contributed by atoms with Gasteiger partial charge in [-0.1, -0.05) is 30.3 Å². The van der Waals surface area contributed by atoms with Crippen LogP contribution in [0.1, 0.15) is 31.7 Å². The third-order valence-electron chi connectivity index (χ3n) is 5.20. The molecule has 140 valence electrons. The van der Waals surface area contributed by atoms with E-state index in [0.29, 0.717) is 26.1 Å². The Kier molecular flexibility index (Phi) is 6.04. The molecular weight excluding hydrogens is 332 g/mol. The average molecular weight is 358 g/mol. The molecule has 0 aliphatic carbocycles. The molecule has 2 saturated heterocycles. The molecule has 2 heterocycles. The standard InChI is InChI=1S/C20H26N2O4/c1-2-26-20(25)16-9-6-11-21(14-16)17-13-18(23)22(19(17)24)12-10-15-7-4-3-5-8-15/h3-5,7-8,16-17H,2,6,9-14H2,1H3. The van der Waals surface area contributed by atoms with Gasteiger partial charge in [-0.25, -0.2) is 0 Å². The number of imide groups is 1. The van der Waals surface area contributed by atoms with Crippen molar-refractivity contribution in [1.29, 1.82) is 0 Å². The van der Waals surface area contributed by atoms with Crippen LogP contribution in [0.15, 0.2) is 30.3 Å². The van der Waals surface area contributed by atoms with Crippen LogP contribution in [0.3, 0.4) is 0 Å². The highest BCUT2D eigenvalue weighted by molar-refractivity contribution is 6.05. The first-order chi connectivity index (χ1) is 12.6. The van der Waals surface area contributed by atoms with E-state index >= 15 is 0 Å². The molecule has 2 fully saturated rings. The molecule has 2 aliphatic rings. The number of rotatable bonds is 6. The lowest BCUT2D eigenvalue weighted by molar-refractivity contribution is -0.151. The maximum absolute atomic E-state index is 12.8. The zero-order valence-corrected chi connectivity index (χ0v) is 15.2. The third kappa shape index (κ3) is 4.12. The van der Waals surface area contributed by atoms with E-state index in [4.69, 9.17) is 4.74 Å². The van der Waals surface area contributed by atoms with Crippen LogP contribution in [0.5, 0.6) is 0 Å². The molecule has 1 aromatic rings. The topological polar surface area (TPSA) is 66.9 Å². The van der Waals surface area contributed by atoms with E-state index in [2.05, 4.69) is 0 Å². The van der Waals surface area contributed by atoms with Gasteiger partial charge >= 0.3 is 5.97 Å². The molecule has 6 heteroatoms. The number of piperidine rings is 1. The molecular formula is C20H26N2O4. The lowest BCUT2D eigenvalue weighted by atomic mass is 9.96. The first-order valence-corrected chi connectivity index (χ1v) is 9.39. The molecule has 2 aliphatic heterocycles. The maximum Gasteiger partial charge on any atom is 0.310 e. The summed E-state index contributed by atoms with van der Waals surface area (Å²) in [5.74, 6) is -0.649. The second-order valence-electron chi connectivity index (χ2n) is 6.93. The molecule has 2 atom stereocenters. The fourth-order valence-corrected chi connectivity index (χ4v) is 3.81. The lowest BCUT2D eigenvalue weighted by Crippen LogP contribution is -2.48. The molecule has 0 saturated carbocycles. The summed E-state index contributed by atoms with van der Waals surface area (Å²) in [6.45, 7) is 3.81. The number of nitrogens with zero attached hydrogens (tertiary/aromatic N) is 2. The molecule has 0 N–H and O–H groups in total. The van der Waals surface area contributed by atoms with Gasteiger partial charge in [-0.2, -0.15) is 0 Å². The quantitative estimate of drug-likeness (QED) is 0.571. The second kappa shape index (κ2) is 8.45. The Labute approximate surface area is 154 Å². The number of hydrogen-bond acceptors (Lipinski definition) is 5. The van der Waals surface area contributed by atoms with Gasteiger partial charge in [0.2, 0.25) is 11.8 Å². The largest absolute Gasteiger partial charge is 0.466 e. The van der Waals surface area contributed by atoms with E-state index in [1.54, 1.807) is 6.92 Å². The highest BCUT2D eigenvalue weighted by Gasteiger charge is 2.43. The van der Waals surface area contributed by atoms with Crippen LogP contribution < -0.4 is 0 Å². The summed E-state index contributed by atoms with van der Waals surface area (Å²) in [6.07, 6.45) is 2.49. The molecule has 0 spiro atoms. The van der Waals surface area contributed by atoms with Crippen LogP contribution in [0.4, 0.5) is 0 Å². The van der Waals surface area contributed by atoms with Gasteiger partial charge in [-0.15, -0.1) is 0 Å². The Morgan fingerprint density at radius 2 is 2.00 bits per heavy atom. The van der Waals surface area contributed by atoms with Gasteiger partial charge in [0, 0.05) is 13.1 Å². The summed E-state index contributed by atoms with van der Waals surface area (Å²) < 4.78 is 5.12. The number of esters is 1. The molecule has 3 rings (SSSR count). The van der Waals surface area contributed by atoms with Crippen molar-refractivity contribution in [2.45, 2.75) is 38.6 Å². The molecule has 1 aromatic carbocycles. The highest BCUT2D eigenvalue weighted by Crippen LogP contribution is 2.26. The summed E-state index contributed by atoms with van der Waals surface area (Å²) in [7, 11) is 0. The van der Waals surface area contributed by atoms with E-state index in [9.17, 15) is 14.4 Å². The second-order valence-corrected chi connectivity index (χ2v) is 6.93. The first-order valence-electron chi connectivity index (χ1n) is 9.39. The Morgan fingerprint density at radius 3 is 2.73 bits per heavy atom. The number of carbonyl (C=O) groups is 3. The predicted molar refractivity (Wildman–Crippen MR) is 96.2 cm³/mol. The van der Waals surface area contributed by atoms with Crippen LogP contribution in [0.25, 0.3) is 0 Å². The van der Waals surface area contributed by atoms with Crippen LogP contribution in [0.2, 0.25) is 0 Å². The van der Waals surface area contributed by atoms with Crippen LogP contribution in [-0.2, 0) is 25.5 Å². The smallest absolute Gasteiger partial charge is 0.310 e. The van der Waals surface area contributed by atoms with E-state index < -0.39 is 6.04 Å². The van der Waals surface area contributed by atoms with E-state index in [1.165, 1.54) is 4.90 Å². The summed E-state index contributed by atoms with van der Waals surface area (Å²) in [5, 5.41) is 0. The number of benzene rings is 1. The zero-order valence-electron chi connectivity index (χ0n) is 15.2. The highest BCUT2D eigenvalue weighted by atomic mass is 16.5. The fraction of sp³-hybridized carbons (Fsp3) is 0.550. The van der Waals surface area contributed by atoms with Crippen molar-refractivity contribution in [3.05, 3.63) is 35.9 Å². The van der Waals surface area contributed by atoms with Crippen molar-refractivity contribution >= 4 is 17.8 Å². The molecule has 2 amide bonds. The van der Waals surface area contributed by atoms with Gasteiger partial charge in [0.15, 0.2) is 0 Å². The summed E-state index contributed by atoms with van der Waals surface area (Å²) in [4.78, 5) is 40.5. The number of ether oxygens (including phenoxy) is 1.